The summed E-state index contributed by atoms with van der Waals surface area (Å²) < 4.78 is 0. The molecule has 0 unspecified atom stereocenters. The Morgan fingerprint density at radius 3 is 1.38 bits per heavy atom. The lowest BCUT2D eigenvalue weighted by molar-refractivity contribution is -0.161. The molecule has 0 fully saturated rings. The van der Waals surface area contributed by atoms with Crippen LogP contribution in [0.5, 0.6) is 0 Å². The van der Waals surface area contributed by atoms with Crippen LogP contribution in [0.2, 0.25) is 0 Å². The molecular weight excluding hydrogens is 272 g/mol. The van der Waals surface area contributed by atoms with Gasteiger partial charge in [-0.05, 0) is 37.5 Å². The van der Waals surface area contributed by atoms with Crippen molar-refractivity contribution in [1.29, 1.82) is 0 Å². The Kier molecular flexibility index (Phi) is 11.2. The number of carboxylic acids is 2. The van der Waals surface area contributed by atoms with Crippen LogP contribution in [0.3, 0.4) is 0 Å². The topological polar surface area (TPSA) is 94.8 Å². The molecule has 5 nitrogen and oxygen atoms in total. The summed E-state index contributed by atoms with van der Waals surface area (Å²) in [6, 6.07) is 0. The molecule has 0 amide bonds. The molecule has 0 rings (SSSR count). The lowest BCUT2D eigenvalue weighted by Gasteiger charge is -2.47. The van der Waals surface area contributed by atoms with Crippen LogP contribution in [0.4, 0.5) is 0 Å². The number of aliphatic hydroxyl groups excluding tert-OH is 1. The van der Waals surface area contributed by atoms with Crippen LogP contribution in [-0.2, 0) is 9.59 Å². The molecule has 0 radical (unpaired) electrons. The molecule has 0 atom stereocenters. The molecule has 0 heterocycles. The van der Waals surface area contributed by atoms with Gasteiger partial charge >= 0.3 is 11.9 Å². The van der Waals surface area contributed by atoms with E-state index in [0.29, 0.717) is 0 Å². The first-order valence-electron chi connectivity index (χ1n) is 7.83. The molecule has 0 aliphatic heterocycles. The molecule has 0 bridgehead atoms. The predicted molar refractivity (Wildman–Crippen MR) is 83.3 cm³/mol. The molecule has 0 saturated heterocycles. The predicted octanol–water partition coefficient (Wildman–Crippen LogP) is 3.55. The Bertz CT molecular complexity index is 304. The van der Waals surface area contributed by atoms with Crippen LogP contribution in [0.25, 0.3) is 0 Å². The zero-order valence-corrected chi connectivity index (χ0v) is 14.1. The molecule has 0 aromatic rings. The van der Waals surface area contributed by atoms with Gasteiger partial charge in [-0.25, -0.2) is 4.79 Å². The fraction of sp³-hybridized carbons (Fsp3) is 0.875. The van der Waals surface area contributed by atoms with Gasteiger partial charge in [0.05, 0.1) is 5.41 Å². The van der Waals surface area contributed by atoms with Crippen molar-refractivity contribution in [2.75, 3.05) is 6.61 Å². The van der Waals surface area contributed by atoms with E-state index in [9.17, 15) is 9.90 Å². The molecule has 3 N–H and O–H groups in total. The van der Waals surface area contributed by atoms with Crippen LogP contribution < -0.4 is 0 Å². The maximum absolute atomic E-state index is 11.7. The summed E-state index contributed by atoms with van der Waals surface area (Å²) in [5.74, 6) is -1.79. The van der Waals surface area contributed by atoms with Crippen LogP contribution in [-0.4, -0.2) is 33.9 Å². The molecule has 0 aromatic heterocycles. The molecule has 0 saturated carbocycles. The van der Waals surface area contributed by atoms with E-state index in [0.717, 1.165) is 38.5 Å². The fourth-order valence-electron chi connectivity index (χ4n) is 3.53. The average molecular weight is 304 g/mol. The number of hydrogen-bond acceptors (Lipinski definition) is 3. The third kappa shape index (κ3) is 5.30. The first kappa shape index (κ1) is 22.2. The van der Waals surface area contributed by atoms with Crippen molar-refractivity contribution in [1.82, 2.24) is 0 Å². The van der Waals surface area contributed by atoms with E-state index in [-0.39, 0.29) is 5.41 Å². The minimum atomic E-state index is -1.19. The number of carboxylic acid groups (broad SMARTS) is 2. The van der Waals surface area contributed by atoms with Gasteiger partial charge in [-0.3, -0.25) is 4.79 Å². The molecule has 126 valence electrons. The van der Waals surface area contributed by atoms with Gasteiger partial charge in [0, 0.05) is 0 Å². The van der Waals surface area contributed by atoms with Gasteiger partial charge in [-0.2, -0.15) is 0 Å². The molecule has 0 aliphatic rings. The third-order valence-corrected chi connectivity index (χ3v) is 4.85. The number of aliphatic hydroxyl groups is 1. The van der Waals surface area contributed by atoms with Gasteiger partial charge in [0.2, 0.25) is 0 Å². The summed E-state index contributed by atoms with van der Waals surface area (Å²) in [6.07, 6.45) is 5.49. The van der Waals surface area contributed by atoms with E-state index in [1.165, 1.54) is 0 Å². The first-order valence-corrected chi connectivity index (χ1v) is 7.83. The third-order valence-electron chi connectivity index (χ3n) is 4.85. The highest BCUT2D eigenvalue weighted by atomic mass is 16.4. The minimum Gasteiger partial charge on any atom is -0.481 e. The largest absolute Gasteiger partial charge is 0.481 e. The second kappa shape index (κ2) is 10.6. The van der Waals surface area contributed by atoms with Crippen molar-refractivity contribution in [3.63, 3.8) is 0 Å². The zero-order chi connectivity index (χ0) is 17.1. The maximum Gasteiger partial charge on any atom is 0.329 e. The van der Waals surface area contributed by atoms with Gasteiger partial charge in [-0.15, -0.1) is 0 Å². The van der Waals surface area contributed by atoms with Crippen LogP contribution in [0.15, 0.2) is 0 Å². The molecule has 21 heavy (non-hydrogen) atoms. The summed E-state index contributed by atoms with van der Waals surface area (Å²) >= 11 is 0. The highest BCUT2D eigenvalue weighted by Crippen LogP contribution is 2.52. The van der Waals surface area contributed by atoms with Gasteiger partial charge < -0.3 is 15.3 Å². The number of aliphatic carboxylic acids is 2. The van der Waals surface area contributed by atoms with Gasteiger partial charge in [0.1, 0.15) is 6.61 Å². The second-order valence-corrected chi connectivity index (χ2v) is 5.38. The zero-order valence-electron chi connectivity index (χ0n) is 14.1. The Labute approximate surface area is 128 Å². The van der Waals surface area contributed by atoms with Gasteiger partial charge in [0.15, 0.2) is 0 Å². The van der Waals surface area contributed by atoms with Crippen molar-refractivity contribution in [2.45, 2.75) is 73.1 Å². The Morgan fingerprint density at radius 1 is 0.857 bits per heavy atom. The normalized spacial score (nSPS) is 11.5. The molecule has 5 heteroatoms. The lowest BCUT2D eigenvalue weighted by atomic mass is 9.56. The Morgan fingerprint density at radius 2 is 1.24 bits per heavy atom. The summed E-state index contributed by atoms with van der Waals surface area (Å²) in [5.41, 5.74) is -0.566. The van der Waals surface area contributed by atoms with Gasteiger partial charge in [0.25, 0.3) is 0 Å². The lowest BCUT2D eigenvalue weighted by Crippen LogP contribution is -2.46. The van der Waals surface area contributed by atoms with E-state index in [1.807, 2.05) is 13.8 Å². The highest BCUT2D eigenvalue weighted by Gasteiger charge is 2.51. The monoisotopic (exact) mass is 304 g/mol. The molecule has 0 aromatic carbocycles. The average Bonchev–Trinajstić information content (AvgIpc) is 2.47. The maximum atomic E-state index is 11.7. The second-order valence-electron chi connectivity index (χ2n) is 5.38. The summed E-state index contributed by atoms with van der Waals surface area (Å²) in [5, 5.41) is 24.7. The van der Waals surface area contributed by atoms with E-state index >= 15 is 0 Å². The smallest absolute Gasteiger partial charge is 0.329 e. The van der Waals surface area contributed by atoms with Crippen LogP contribution in [0.1, 0.15) is 73.1 Å². The summed E-state index contributed by atoms with van der Waals surface area (Å²) in [4.78, 5) is 20.8. The number of rotatable bonds is 9. The molecule has 0 aliphatic carbocycles. The van der Waals surface area contributed by atoms with Crippen molar-refractivity contribution in [2.24, 2.45) is 10.8 Å². The SMILES string of the molecule is CCCC(CC)(CC)C(CC)(CC)C(=O)O.O=C(O)CO. The first-order chi connectivity index (χ1) is 9.77. The van der Waals surface area contributed by atoms with E-state index in [1.54, 1.807) is 0 Å². The van der Waals surface area contributed by atoms with Crippen molar-refractivity contribution in [3.05, 3.63) is 0 Å². The molecule has 0 spiro atoms. The summed E-state index contributed by atoms with van der Waals surface area (Å²) in [7, 11) is 0. The van der Waals surface area contributed by atoms with Gasteiger partial charge in [-0.1, -0.05) is 41.0 Å². The van der Waals surface area contributed by atoms with Crippen molar-refractivity contribution in [3.8, 4) is 0 Å². The number of carbonyl (C=O) groups is 2. The van der Waals surface area contributed by atoms with Crippen molar-refractivity contribution >= 4 is 11.9 Å². The molecular formula is C16H32O5. The Hall–Kier alpha value is -1.10. The van der Waals surface area contributed by atoms with Crippen molar-refractivity contribution < 1.29 is 24.9 Å². The standard InChI is InChI=1S/C14H28O2.C2H4O3/c1-6-11-13(7-2,8-3)14(9-4,10-5)12(15)16;3-1-2(4)5/h6-11H2,1-5H3,(H,15,16);3H,1H2,(H,4,5). The highest BCUT2D eigenvalue weighted by molar-refractivity contribution is 5.75. The Balaban J connectivity index is 0. The fourth-order valence-corrected chi connectivity index (χ4v) is 3.53. The van der Waals surface area contributed by atoms with Crippen LogP contribution in [0, 0.1) is 10.8 Å². The van der Waals surface area contributed by atoms with E-state index in [4.69, 9.17) is 15.0 Å². The summed E-state index contributed by atoms with van der Waals surface area (Å²) in [6.45, 7) is 9.70. The van der Waals surface area contributed by atoms with E-state index < -0.39 is 24.0 Å². The van der Waals surface area contributed by atoms with Crippen LogP contribution >= 0.6 is 0 Å². The minimum absolute atomic E-state index is 0.0307. The quantitative estimate of drug-likeness (QED) is 0.605. The van der Waals surface area contributed by atoms with E-state index in [2.05, 4.69) is 20.8 Å². The number of hydrogen-bond donors (Lipinski definition) is 3.